The number of ether oxygens (including phenoxy) is 1. The van der Waals surface area contributed by atoms with E-state index in [9.17, 15) is 9.90 Å². The number of aliphatic hydroxyl groups excluding tert-OH is 1. The number of carbonyl (C=O) groups is 1. The summed E-state index contributed by atoms with van der Waals surface area (Å²) in [5, 5.41) is 14.2. The van der Waals surface area contributed by atoms with Gasteiger partial charge in [-0.1, -0.05) is 5.16 Å². The first-order chi connectivity index (χ1) is 11.5. The fraction of sp³-hybridized carbons (Fsp3) is 0.778. The van der Waals surface area contributed by atoms with Gasteiger partial charge in [-0.2, -0.15) is 0 Å². The Bertz CT molecular complexity index is 568. The highest BCUT2D eigenvalue weighted by Gasteiger charge is 2.56. The van der Waals surface area contributed by atoms with Crippen LogP contribution in [0.15, 0.2) is 4.52 Å². The number of piperidine rings is 1. The molecule has 1 aliphatic carbocycles. The Hall–Kier alpha value is -1.40. The number of hydrogen-bond acceptors (Lipinski definition) is 5. The number of nitrogens with zero attached hydrogens (tertiary/aromatic N) is 2. The quantitative estimate of drug-likeness (QED) is 0.890. The lowest BCUT2D eigenvalue weighted by molar-refractivity contribution is -0.210. The molecule has 1 aromatic rings. The van der Waals surface area contributed by atoms with Gasteiger partial charge in [0.25, 0.3) is 0 Å². The topological polar surface area (TPSA) is 75.8 Å². The molecule has 2 fully saturated rings. The summed E-state index contributed by atoms with van der Waals surface area (Å²) in [6, 6.07) is 0. The van der Waals surface area contributed by atoms with E-state index in [0.717, 1.165) is 36.3 Å². The Morgan fingerprint density at radius 2 is 2.12 bits per heavy atom. The van der Waals surface area contributed by atoms with Crippen LogP contribution in [0.25, 0.3) is 0 Å². The zero-order valence-electron chi connectivity index (χ0n) is 14.9. The summed E-state index contributed by atoms with van der Waals surface area (Å²) in [7, 11) is 0. The maximum Gasteiger partial charge on any atom is 0.222 e. The van der Waals surface area contributed by atoms with Crippen LogP contribution in [0.5, 0.6) is 0 Å². The van der Waals surface area contributed by atoms with Crippen LogP contribution in [0.4, 0.5) is 0 Å². The van der Waals surface area contributed by atoms with Crippen LogP contribution in [0, 0.1) is 19.3 Å². The Balaban J connectivity index is 1.52. The Morgan fingerprint density at radius 1 is 1.42 bits per heavy atom. The van der Waals surface area contributed by atoms with Gasteiger partial charge in [-0.3, -0.25) is 4.79 Å². The third-order valence-corrected chi connectivity index (χ3v) is 5.93. The van der Waals surface area contributed by atoms with Crippen molar-refractivity contribution >= 4 is 5.91 Å². The van der Waals surface area contributed by atoms with Gasteiger partial charge in [0.05, 0.1) is 17.9 Å². The second-order valence-corrected chi connectivity index (χ2v) is 7.11. The molecule has 2 unspecified atom stereocenters. The first kappa shape index (κ1) is 17.4. The zero-order chi connectivity index (χ0) is 17.3. The minimum absolute atomic E-state index is 0.131. The summed E-state index contributed by atoms with van der Waals surface area (Å²) in [5.74, 6) is 0.974. The zero-order valence-corrected chi connectivity index (χ0v) is 14.9. The second-order valence-electron chi connectivity index (χ2n) is 7.11. The molecule has 1 N–H and O–H groups in total. The van der Waals surface area contributed by atoms with Crippen molar-refractivity contribution in [3.05, 3.63) is 17.0 Å². The lowest BCUT2D eigenvalue weighted by atomic mass is 9.58. The van der Waals surface area contributed by atoms with Gasteiger partial charge in [0.1, 0.15) is 5.76 Å². The van der Waals surface area contributed by atoms with Crippen molar-refractivity contribution < 1.29 is 19.2 Å². The van der Waals surface area contributed by atoms with Crippen LogP contribution in [-0.4, -0.2) is 53.0 Å². The first-order valence-corrected chi connectivity index (χ1v) is 8.97. The van der Waals surface area contributed by atoms with E-state index in [4.69, 9.17) is 9.26 Å². The number of aromatic nitrogens is 1. The lowest BCUT2D eigenvalue weighted by Gasteiger charge is -2.56. The van der Waals surface area contributed by atoms with Crippen LogP contribution in [0.1, 0.15) is 49.6 Å². The molecule has 0 bridgehead atoms. The van der Waals surface area contributed by atoms with Crippen LogP contribution in [0.3, 0.4) is 0 Å². The molecule has 1 amide bonds. The minimum Gasteiger partial charge on any atom is -0.392 e. The monoisotopic (exact) mass is 336 g/mol. The third-order valence-electron chi connectivity index (χ3n) is 5.93. The van der Waals surface area contributed by atoms with Gasteiger partial charge >= 0.3 is 0 Å². The first-order valence-electron chi connectivity index (χ1n) is 8.97. The lowest BCUT2D eigenvalue weighted by Crippen LogP contribution is -2.62. The van der Waals surface area contributed by atoms with Crippen LogP contribution in [-0.2, 0) is 16.0 Å². The van der Waals surface area contributed by atoms with Gasteiger partial charge in [0.2, 0.25) is 5.91 Å². The van der Waals surface area contributed by atoms with Crippen molar-refractivity contribution in [2.45, 2.75) is 65.1 Å². The fourth-order valence-electron chi connectivity index (χ4n) is 4.24. The van der Waals surface area contributed by atoms with Gasteiger partial charge in [0, 0.05) is 43.5 Å². The highest BCUT2D eigenvalue weighted by atomic mass is 16.5. The van der Waals surface area contributed by atoms with Crippen molar-refractivity contribution in [3.63, 3.8) is 0 Å². The van der Waals surface area contributed by atoms with E-state index in [1.54, 1.807) is 0 Å². The van der Waals surface area contributed by atoms with Crippen molar-refractivity contribution in [1.29, 1.82) is 0 Å². The number of amides is 1. The molecule has 24 heavy (non-hydrogen) atoms. The van der Waals surface area contributed by atoms with Crippen LogP contribution >= 0.6 is 0 Å². The number of aliphatic hydroxyl groups is 1. The van der Waals surface area contributed by atoms with Crippen molar-refractivity contribution in [2.24, 2.45) is 5.41 Å². The predicted octanol–water partition coefficient (Wildman–Crippen LogP) is 2.00. The molecule has 2 aliphatic rings. The average Bonchev–Trinajstić information content (AvgIpc) is 2.91. The molecule has 3 rings (SSSR count). The number of rotatable bonds is 5. The molecule has 1 saturated carbocycles. The third kappa shape index (κ3) is 2.97. The molecule has 1 saturated heterocycles. The predicted molar refractivity (Wildman–Crippen MR) is 88.6 cm³/mol. The number of likely N-dealkylation sites (tertiary alicyclic amines) is 1. The largest absolute Gasteiger partial charge is 0.392 e. The summed E-state index contributed by atoms with van der Waals surface area (Å²) in [4.78, 5) is 14.4. The van der Waals surface area contributed by atoms with E-state index in [1.807, 2.05) is 25.7 Å². The Kier molecular flexibility index (Phi) is 4.97. The number of carbonyl (C=O) groups excluding carboxylic acids is 1. The van der Waals surface area contributed by atoms with E-state index in [2.05, 4.69) is 5.16 Å². The summed E-state index contributed by atoms with van der Waals surface area (Å²) in [6.45, 7) is 7.89. The Morgan fingerprint density at radius 3 is 2.67 bits per heavy atom. The van der Waals surface area contributed by atoms with E-state index >= 15 is 0 Å². The molecule has 6 nitrogen and oxygen atoms in total. The van der Waals surface area contributed by atoms with Gasteiger partial charge < -0.3 is 19.3 Å². The molecule has 2 atom stereocenters. The second kappa shape index (κ2) is 6.84. The fourth-order valence-corrected chi connectivity index (χ4v) is 4.24. The summed E-state index contributed by atoms with van der Waals surface area (Å²) in [5.41, 5.74) is 1.78. The molecule has 0 radical (unpaired) electrons. The van der Waals surface area contributed by atoms with Crippen LogP contribution in [0.2, 0.25) is 0 Å². The maximum atomic E-state index is 12.5. The van der Waals surface area contributed by atoms with Crippen molar-refractivity contribution in [2.75, 3.05) is 19.7 Å². The summed E-state index contributed by atoms with van der Waals surface area (Å²) in [6.07, 6.45) is 3.41. The minimum atomic E-state index is -0.284. The number of aryl methyl sites for hydroxylation is 2. The number of hydrogen-bond donors (Lipinski definition) is 1. The van der Waals surface area contributed by atoms with Gasteiger partial charge in [-0.25, -0.2) is 0 Å². The molecule has 6 heteroatoms. The normalized spacial score (nSPS) is 25.8. The van der Waals surface area contributed by atoms with E-state index in [1.165, 1.54) is 0 Å². The molecule has 0 aromatic carbocycles. The van der Waals surface area contributed by atoms with E-state index < -0.39 is 0 Å². The molecule has 2 heterocycles. The van der Waals surface area contributed by atoms with Gasteiger partial charge in [0.15, 0.2) is 0 Å². The molecular formula is C18H28N2O4. The SMILES string of the molecule is CCOC1CC(O)C12CCN(C(=O)CCc1c(C)noc1C)CC2. The summed E-state index contributed by atoms with van der Waals surface area (Å²) >= 11 is 0. The van der Waals surface area contributed by atoms with Gasteiger partial charge in [-0.15, -0.1) is 0 Å². The Labute approximate surface area is 143 Å². The van der Waals surface area contributed by atoms with E-state index in [-0.39, 0.29) is 23.5 Å². The molecule has 1 aromatic heterocycles. The van der Waals surface area contributed by atoms with Crippen molar-refractivity contribution in [1.82, 2.24) is 10.1 Å². The standard InChI is InChI=1S/C18H28N2O4/c1-4-23-16-11-15(21)18(16)7-9-20(10-8-18)17(22)6-5-14-12(2)19-24-13(14)3/h15-16,21H,4-11H2,1-3H3. The van der Waals surface area contributed by atoms with Gasteiger partial charge in [-0.05, 0) is 40.0 Å². The molecule has 1 spiro atoms. The van der Waals surface area contributed by atoms with Crippen molar-refractivity contribution in [3.8, 4) is 0 Å². The molecular weight excluding hydrogens is 308 g/mol. The molecule has 134 valence electrons. The maximum absolute atomic E-state index is 12.5. The highest BCUT2D eigenvalue weighted by molar-refractivity contribution is 5.76. The van der Waals surface area contributed by atoms with Crippen LogP contribution < -0.4 is 0 Å². The smallest absolute Gasteiger partial charge is 0.222 e. The average molecular weight is 336 g/mol. The summed E-state index contributed by atoms with van der Waals surface area (Å²) < 4.78 is 10.9. The van der Waals surface area contributed by atoms with E-state index in [0.29, 0.717) is 32.5 Å². The highest BCUT2D eigenvalue weighted by Crippen LogP contribution is 2.50. The molecule has 1 aliphatic heterocycles.